The van der Waals surface area contributed by atoms with Crippen molar-refractivity contribution in [1.82, 2.24) is 5.32 Å². The molecule has 1 aromatic carbocycles. The third-order valence-corrected chi connectivity index (χ3v) is 2.43. The summed E-state index contributed by atoms with van der Waals surface area (Å²) < 4.78 is 0. The van der Waals surface area contributed by atoms with Gasteiger partial charge in [0.15, 0.2) is 0 Å². The Morgan fingerprint density at radius 2 is 1.80 bits per heavy atom. The summed E-state index contributed by atoms with van der Waals surface area (Å²) in [6.45, 7) is 8.04. The van der Waals surface area contributed by atoms with Crippen LogP contribution in [-0.2, 0) is 11.2 Å². The summed E-state index contributed by atoms with van der Waals surface area (Å²) in [7, 11) is 0. The molecule has 1 amide bonds. The molecule has 1 N–H and O–H groups in total. The highest BCUT2D eigenvalue weighted by Gasteiger charge is 2.08. The van der Waals surface area contributed by atoms with E-state index in [0.29, 0.717) is 6.42 Å². The van der Waals surface area contributed by atoms with Gasteiger partial charge in [0.1, 0.15) is 0 Å². The second kappa shape index (κ2) is 4.96. The summed E-state index contributed by atoms with van der Waals surface area (Å²) in [5.41, 5.74) is 3.53. The maximum Gasteiger partial charge on any atom is 0.224 e. The van der Waals surface area contributed by atoms with Gasteiger partial charge in [-0.15, -0.1) is 0 Å². The highest BCUT2D eigenvalue weighted by molar-refractivity contribution is 5.79. The van der Waals surface area contributed by atoms with Crippen molar-refractivity contribution in [3.8, 4) is 0 Å². The van der Waals surface area contributed by atoms with Gasteiger partial charge in [-0.25, -0.2) is 0 Å². The summed E-state index contributed by atoms with van der Waals surface area (Å²) in [5, 5.41) is 2.91. The van der Waals surface area contributed by atoms with Crippen molar-refractivity contribution in [3.63, 3.8) is 0 Å². The molecule has 0 heterocycles. The standard InChI is InChI=1S/C13H19NO/c1-9(2)14-13(15)8-12-10(3)6-5-7-11(12)4/h5-7,9H,8H2,1-4H3,(H,14,15). The number of nitrogens with one attached hydrogen (secondary N) is 1. The zero-order valence-corrected chi connectivity index (χ0v) is 9.92. The highest BCUT2D eigenvalue weighted by atomic mass is 16.1. The van der Waals surface area contributed by atoms with Crippen LogP contribution < -0.4 is 5.32 Å². The molecule has 0 spiro atoms. The molecule has 1 rings (SSSR count). The second-order valence-corrected chi connectivity index (χ2v) is 4.27. The van der Waals surface area contributed by atoms with Crippen LogP contribution in [0, 0.1) is 13.8 Å². The molecule has 0 unspecified atom stereocenters. The lowest BCUT2D eigenvalue weighted by Gasteiger charge is -2.11. The fourth-order valence-electron chi connectivity index (χ4n) is 1.66. The third-order valence-electron chi connectivity index (χ3n) is 2.43. The minimum absolute atomic E-state index is 0.0994. The zero-order valence-electron chi connectivity index (χ0n) is 9.92. The topological polar surface area (TPSA) is 29.1 Å². The number of benzene rings is 1. The van der Waals surface area contributed by atoms with E-state index in [1.165, 1.54) is 11.1 Å². The van der Waals surface area contributed by atoms with E-state index >= 15 is 0 Å². The van der Waals surface area contributed by atoms with Crippen LogP contribution in [0.1, 0.15) is 30.5 Å². The molecule has 0 aliphatic rings. The van der Waals surface area contributed by atoms with Crippen molar-refractivity contribution in [2.45, 2.75) is 40.2 Å². The van der Waals surface area contributed by atoms with Crippen molar-refractivity contribution < 1.29 is 4.79 Å². The van der Waals surface area contributed by atoms with Gasteiger partial charge in [-0.1, -0.05) is 18.2 Å². The molecule has 82 valence electrons. The quantitative estimate of drug-likeness (QED) is 0.806. The number of hydrogen-bond acceptors (Lipinski definition) is 1. The molecule has 0 saturated heterocycles. The van der Waals surface area contributed by atoms with E-state index in [-0.39, 0.29) is 11.9 Å². The number of carbonyl (C=O) groups excluding carboxylic acids is 1. The van der Waals surface area contributed by atoms with Crippen molar-refractivity contribution in [3.05, 3.63) is 34.9 Å². The number of amides is 1. The third kappa shape index (κ3) is 3.39. The summed E-state index contributed by atoms with van der Waals surface area (Å²) in [6, 6.07) is 6.33. The first kappa shape index (κ1) is 11.8. The molecule has 1 aromatic rings. The SMILES string of the molecule is Cc1cccc(C)c1CC(=O)NC(C)C. The maximum absolute atomic E-state index is 11.6. The molecule has 0 radical (unpaired) electrons. The minimum Gasteiger partial charge on any atom is -0.354 e. The van der Waals surface area contributed by atoms with Gasteiger partial charge in [-0.3, -0.25) is 4.79 Å². The zero-order chi connectivity index (χ0) is 11.4. The van der Waals surface area contributed by atoms with E-state index < -0.39 is 0 Å². The van der Waals surface area contributed by atoms with E-state index in [1.54, 1.807) is 0 Å². The Bertz CT molecular complexity index is 335. The first-order valence-corrected chi connectivity index (χ1v) is 5.35. The molecule has 0 aliphatic carbocycles. The van der Waals surface area contributed by atoms with Crippen LogP contribution in [0.25, 0.3) is 0 Å². The molecule has 0 fully saturated rings. The van der Waals surface area contributed by atoms with Gasteiger partial charge in [-0.05, 0) is 44.4 Å². The Kier molecular flexibility index (Phi) is 3.89. The lowest BCUT2D eigenvalue weighted by molar-refractivity contribution is -0.120. The number of aryl methyl sites for hydroxylation is 2. The van der Waals surface area contributed by atoms with Gasteiger partial charge < -0.3 is 5.32 Å². The summed E-state index contributed by atoms with van der Waals surface area (Å²) in [6.07, 6.45) is 0.483. The van der Waals surface area contributed by atoms with Gasteiger partial charge in [0.05, 0.1) is 6.42 Å². The van der Waals surface area contributed by atoms with Gasteiger partial charge in [-0.2, -0.15) is 0 Å². The molecule has 0 bridgehead atoms. The number of carbonyl (C=O) groups is 1. The fourth-order valence-corrected chi connectivity index (χ4v) is 1.66. The average Bonchev–Trinajstić information content (AvgIpc) is 2.10. The van der Waals surface area contributed by atoms with Crippen molar-refractivity contribution >= 4 is 5.91 Å². The lowest BCUT2D eigenvalue weighted by atomic mass is 10.00. The number of hydrogen-bond donors (Lipinski definition) is 1. The van der Waals surface area contributed by atoms with E-state index in [4.69, 9.17) is 0 Å². The van der Waals surface area contributed by atoms with Crippen LogP contribution in [0.15, 0.2) is 18.2 Å². The summed E-state index contributed by atoms with van der Waals surface area (Å²) in [4.78, 5) is 11.6. The summed E-state index contributed by atoms with van der Waals surface area (Å²) >= 11 is 0. The van der Waals surface area contributed by atoms with Gasteiger partial charge in [0, 0.05) is 6.04 Å². The molecular weight excluding hydrogens is 186 g/mol. The Balaban J connectivity index is 2.76. The van der Waals surface area contributed by atoms with E-state index in [2.05, 4.69) is 5.32 Å². The van der Waals surface area contributed by atoms with Crippen LogP contribution in [0.5, 0.6) is 0 Å². The first-order valence-electron chi connectivity index (χ1n) is 5.35. The smallest absolute Gasteiger partial charge is 0.224 e. The Morgan fingerprint density at radius 3 is 2.27 bits per heavy atom. The Labute approximate surface area is 91.7 Å². The molecule has 0 aromatic heterocycles. The summed E-state index contributed by atoms with van der Waals surface area (Å²) in [5.74, 6) is 0.0994. The van der Waals surface area contributed by atoms with E-state index in [9.17, 15) is 4.79 Å². The molecule has 0 saturated carbocycles. The number of rotatable bonds is 3. The van der Waals surface area contributed by atoms with Crippen molar-refractivity contribution in [2.24, 2.45) is 0 Å². The van der Waals surface area contributed by atoms with Gasteiger partial charge in [0.2, 0.25) is 5.91 Å². The highest BCUT2D eigenvalue weighted by Crippen LogP contribution is 2.13. The van der Waals surface area contributed by atoms with Crippen LogP contribution in [0.2, 0.25) is 0 Å². The Morgan fingerprint density at radius 1 is 1.27 bits per heavy atom. The molecular formula is C13H19NO. The predicted octanol–water partition coefficient (Wildman–Crippen LogP) is 2.37. The van der Waals surface area contributed by atoms with Crippen LogP contribution in [0.3, 0.4) is 0 Å². The normalized spacial score (nSPS) is 10.5. The molecule has 0 aliphatic heterocycles. The second-order valence-electron chi connectivity index (χ2n) is 4.27. The fraction of sp³-hybridized carbons (Fsp3) is 0.462. The van der Waals surface area contributed by atoms with E-state index in [1.807, 2.05) is 45.9 Å². The lowest BCUT2D eigenvalue weighted by Crippen LogP contribution is -2.31. The van der Waals surface area contributed by atoms with E-state index in [0.717, 1.165) is 5.56 Å². The van der Waals surface area contributed by atoms with Crippen molar-refractivity contribution in [2.75, 3.05) is 0 Å². The molecule has 2 heteroatoms. The van der Waals surface area contributed by atoms with Crippen LogP contribution in [0.4, 0.5) is 0 Å². The molecule has 15 heavy (non-hydrogen) atoms. The minimum atomic E-state index is 0.0994. The van der Waals surface area contributed by atoms with Crippen LogP contribution in [-0.4, -0.2) is 11.9 Å². The van der Waals surface area contributed by atoms with Gasteiger partial charge in [0.25, 0.3) is 0 Å². The first-order chi connectivity index (χ1) is 7.00. The van der Waals surface area contributed by atoms with Gasteiger partial charge >= 0.3 is 0 Å². The monoisotopic (exact) mass is 205 g/mol. The average molecular weight is 205 g/mol. The molecule has 0 atom stereocenters. The predicted molar refractivity (Wildman–Crippen MR) is 62.9 cm³/mol. The largest absolute Gasteiger partial charge is 0.354 e. The maximum atomic E-state index is 11.6. The van der Waals surface area contributed by atoms with Crippen LogP contribution >= 0.6 is 0 Å². The Hall–Kier alpha value is -1.31. The molecule has 2 nitrogen and oxygen atoms in total. The van der Waals surface area contributed by atoms with Crippen molar-refractivity contribution in [1.29, 1.82) is 0 Å².